The van der Waals surface area contributed by atoms with Gasteiger partial charge < -0.3 is 4.90 Å². The summed E-state index contributed by atoms with van der Waals surface area (Å²) in [5, 5.41) is 2.87. The van der Waals surface area contributed by atoms with E-state index in [4.69, 9.17) is 4.98 Å². The first-order valence-electron chi connectivity index (χ1n) is 8.16. The lowest BCUT2D eigenvalue weighted by molar-refractivity contribution is 0.0763. The van der Waals surface area contributed by atoms with Crippen LogP contribution in [0.3, 0.4) is 0 Å². The van der Waals surface area contributed by atoms with E-state index in [1.165, 1.54) is 22.7 Å². The first kappa shape index (κ1) is 19.0. The molecule has 0 aromatic carbocycles. The Kier molecular flexibility index (Phi) is 5.18. The van der Waals surface area contributed by atoms with Crippen LogP contribution in [0.4, 0.5) is 0 Å². The molecule has 0 saturated carbocycles. The average Bonchev–Trinajstić information content (AvgIpc) is 3.02. The first-order valence-corrected chi connectivity index (χ1v) is 9.86. The molecule has 1 aliphatic rings. The highest BCUT2D eigenvalue weighted by atomic mass is 35.5. The maximum absolute atomic E-state index is 12.9. The van der Waals surface area contributed by atoms with Gasteiger partial charge >= 0.3 is 0 Å². The van der Waals surface area contributed by atoms with Crippen LogP contribution in [-0.2, 0) is 13.0 Å². The summed E-state index contributed by atoms with van der Waals surface area (Å²) >= 11 is 2.88. The third-order valence-corrected chi connectivity index (χ3v) is 6.65. The van der Waals surface area contributed by atoms with Gasteiger partial charge in [0.15, 0.2) is 0 Å². The fraction of sp³-hybridized carbons (Fsp3) is 0.412. The van der Waals surface area contributed by atoms with E-state index in [1.54, 1.807) is 4.57 Å². The summed E-state index contributed by atoms with van der Waals surface area (Å²) in [5.74, 6) is 0.772. The first-order chi connectivity index (χ1) is 12.0. The summed E-state index contributed by atoms with van der Waals surface area (Å²) in [4.78, 5) is 37.2. The minimum atomic E-state index is 0. The van der Waals surface area contributed by atoms with Gasteiger partial charge in [-0.25, -0.2) is 9.97 Å². The molecule has 26 heavy (non-hydrogen) atoms. The monoisotopic (exact) mass is 410 g/mol. The minimum Gasteiger partial charge on any atom is -0.336 e. The largest absolute Gasteiger partial charge is 0.336 e. The van der Waals surface area contributed by atoms with Gasteiger partial charge in [-0.2, -0.15) is 0 Å². The van der Waals surface area contributed by atoms with Crippen LogP contribution in [0.1, 0.15) is 31.8 Å². The lowest BCUT2D eigenvalue weighted by Crippen LogP contribution is -2.34. The molecule has 0 bridgehead atoms. The van der Waals surface area contributed by atoms with Crippen molar-refractivity contribution in [2.75, 3.05) is 13.1 Å². The van der Waals surface area contributed by atoms with E-state index in [2.05, 4.69) is 4.98 Å². The molecule has 0 spiro atoms. The van der Waals surface area contributed by atoms with Crippen LogP contribution in [0.25, 0.3) is 10.2 Å². The number of rotatable bonds is 1. The van der Waals surface area contributed by atoms with Crippen molar-refractivity contribution in [2.24, 2.45) is 0 Å². The van der Waals surface area contributed by atoms with Crippen molar-refractivity contribution in [2.45, 2.75) is 33.7 Å². The Bertz CT molecular complexity index is 1050. The molecule has 3 aromatic heterocycles. The molecule has 6 nitrogen and oxygen atoms in total. The summed E-state index contributed by atoms with van der Waals surface area (Å²) in [6.07, 6.45) is 0.586. The molecule has 0 radical (unpaired) electrons. The Balaban J connectivity index is 0.00000196. The zero-order valence-electron chi connectivity index (χ0n) is 14.7. The number of amides is 1. The Hall–Kier alpha value is -1.77. The summed E-state index contributed by atoms with van der Waals surface area (Å²) in [6, 6.07) is 0. The number of aromatic nitrogens is 3. The van der Waals surface area contributed by atoms with Gasteiger partial charge in [0, 0.05) is 26.1 Å². The fourth-order valence-corrected chi connectivity index (χ4v) is 5.05. The number of hydrogen-bond acceptors (Lipinski definition) is 6. The summed E-state index contributed by atoms with van der Waals surface area (Å²) in [6.45, 7) is 7.31. The third-order valence-electron chi connectivity index (χ3n) is 4.52. The minimum absolute atomic E-state index is 0. The highest BCUT2D eigenvalue weighted by molar-refractivity contribution is 7.17. The number of halogens is 1. The van der Waals surface area contributed by atoms with Crippen molar-refractivity contribution in [3.8, 4) is 0 Å². The number of fused-ring (bicyclic) bond motifs is 2. The van der Waals surface area contributed by atoms with Crippen molar-refractivity contribution in [1.82, 2.24) is 19.4 Å². The van der Waals surface area contributed by atoms with Crippen LogP contribution in [-0.4, -0.2) is 38.4 Å². The zero-order chi connectivity index (χ0) is 17.7. The molecule has 0 saturated heterocycles. The molecule has 138 valence electrons. The van der Waals surface area contributed by atoms with Crippen LogP contribution in [0.15, 0.2) is 10.2 Å². The van der Waals surface area contributed by atoms with Gasteiger partial charge in [-0.3, -0.25) is 14.2 Å². The number of thiazole rings is 1. The normalized spacial score (nSPS) is 14.0. The molecule has 3 aromatic rings. The van der Waals surface area contributed by atoms with E-state index >= 15 is 0 Å². The lowest BCUT2D eigenvalue weighted by atomic mass is 10.3. The Morgan fingerprint density at radius 2 is 1.92 bits per heavy atom. The average molecular weight is 411 g/mol. The predicted molar refractivity (Wildman–Crippen MR) is 107 cm³/mol. The summed E-state index contributed by atoms with van der Waals surface area (Å²) in [5.41, 5.74) is 2.63. The fourth-order valence-electron chi connectivity index (χ4n) is 3.22. The number of thiophene rings is 1. The van der Waals surface area contributed by atoms with Gasteiger partial charge in [0.2, 0.25) is 0 Å². The molecule has 0 atom stereocenters. The quantitative estimate of drug-likeness (QED) is 0.618. The van der Waals surface area contributed by atoms with Gasteiger partial charge in [-0.1, -0.05) is 0 Å². The molecular weight excluding hydrogens is 392 g/mol. The highest BCUT2D eigenvalue weighted by Gasteiger charge is 2.25. The van der Waals surface area contributed by atoms with Crippen LogP contribution in [0, 0.1) is 20.8 Å². The van der Waals surface area contributed by atoms with Gasteiger partial charge in [0.05, 0.1) is 16.2 Å². The molecule has 0 unspecified atom stereocenters. The van der Waals surface area contributed by atoms with Gasteiger partial charge in [-0.15, -0.1) is 35.1 Å². The maximum Gasteiger partial charge on any atom is 0.271 e. The van der Waals surface area contributed by atoms with E-state index in [0.29, 0.717) is 35.6 Å². The summed E-state index contributed by atoms with van der Waals surface area (Å²) < 4.78 is 2.44. The standard InChI is InChI=1S/C17H18N4O2S2.ClH/c1-9-8-24-15-13(9)19-12-4-5-20(6-7-21(12)17(15)23)16(22)14-10(2)18-11(3)25-14;/h8H,4-7H2,1-3H3;1H. The van der Waals surface area contributed by atoms with E-state index in [0.717, 1.165) is 27.6 Å². The van der Waals surface area contributed by atoms with Gasteiger partial charge in [0.25, 0.3) is 11.5 Å². The predicted octanol–water partition coefficient (Wildman–Crippen LogP) is 2.96. The molecule has 1 aliphatic heterocycles. The van der Waals surface area contributed by atoms with Crippen LogP contribution >= 0.6 is 35.1 Å². The SMILES string of the molecule is Cc1nc(C)c(C(=O)N2CCc3nc4c(C)csc4c(=O)n3CC2)s1.Cl. The number of carbonyl (C=O) groups is 1. The maximum atomic E-state index is 12.9. The molecule has 0 N–H and O–H groups in total. The third kappa shape index (κ3) is 3.06. The second kappa shape index (κ2) is 7.09. The number of carbonyl (C=O) groups excluding carboxylic acids is 1. The van der Waals surface area contributed by atoms with Crippen molar-refractivity contribution < 1.29 is 4.79 Å². The molecule has 1 amide bonds. The Morgan fingerprint density at radius 3 is 2.62 bits per heavy atom. The van der Waals surface area contributed by atoms with Crippen LogP contribution in [0.5, 0.6) is 0 Å². The van der Waals surface area contributed by atoms with E-state index in [9.17, 15) is 9.59 Å². The van der Waals surface area contributed by atoms with Crippen LogP contribution < -0.4 is 5.56 Å². The molecule has 0 fully saturated rings. The molecule has 0 aliphatic carbocycles. The number of nitrogens with zero attached hydrogens (tertiary/aromatic N) is 4. The van der Waals surface area contributed by atoms with E-state index < -0.39 is 0 Å². The van der Waals surface area contributed by atoms with Crippen molar-refractivity contribution in [3.05, 3.63) is 42.7 Å². The lowest BCUT2D eigenvalue weighted by Gasteiger charge is -2.19. The molecule has 4 heterocycles. The Morgan fingerprint density at radius 1 is 1.15 bits per heavy atom. The van der Waals surface area contributed by atoms with Crippen molar-refractivity contribution in [3.63, 3.8) is 0 Å². The van der Waals surface area contributed by atoms with Crippen molar-refractivity contribution >= 4 is 51.2 Å². The highest BCUT2D eigenvalue weighted by Crippen LogP contribution is 2.23. The van der Waals surface area contributed by atoms with Crippen LogP contribution in [0.2, 0.25) is 0 Å². The number of aryl methyl sites for hydroxylation is 3. The second-order valence-electron chi connectivity index (χ2n) is 6.27. The molecule has 9 heteroatoms. The topological polar surface area (TPSA) is 68.1 Å². The van der Waals surface area contributed by atoms with E-state index in [1.807, 2.05) is 31.1 Å². The Labute approximate surface area is 164 Å². The van der Waals surface area contributed by atoms with E-state index in [-0.39, 0.29) is 23.9 Å². The number of hydrogen-bond donors (Lipinski definition) is 0. The van der Waals surface area contributed by atoms with Crippen molar-refractivity contribution in [1.29, 1.82) is 0 Å². The second-order valence-corrected chi connectivity index (χ2v) is 8.35. The summed E-state index contributed by atoms with van der Waals surface area (Å²) in [7, 11) is 0. The smallest absolute Gasteiger partial charge is 0.271 e. The zero-order valence-corrected chi connectivity index (χ0v) is 17.2. The molecule has 4 rings (SSSR count). The molecular formula is C17H19ClN4O2S2. The van der Waals surface area contributed by atoms with Gasteiger partial charge in [0.1, 0.15) is 15.4 Å². The van der Waals surface area contributed by atoms with Gasteiger partial charge in [-0.05, 0) is 31.7 Å².